The molecule has 1 aliphatic carbocycles. The number of amides is 1. The number of hydrazine groups is 1. The third-order valence-corrected chi connectivity index (χ3v) is 2.95. The van der Waals surface area contributed by atoms with Crippen molar-refractivity contribution in [2.45, 2.75) is 38.4 Å². The van der Waals surface area contributed by atoms with Gasteiger partial charge in [0.15, 0.2) is 0 Å². The van der Waals surface area contributed by atoms with Crippen LogP contribution in [0.3, 0.4) is 0 Å². The van der Waals surface area contributed by atoms with Crippen molar-refractivity contribution in [1.82, 2.24) is 10.3 Å². The third-order valence-electron chi connectivity index (χ3n) is 2.95. The highest BCUT2D eigenvalue weighted by Crippen LogP contribution is 2.30. The van der Waals surface area contributed by atoms with Gasteiger partial charge in [-0.25, -0.2) is 5.84 Å². The molecule has 16 heavy (non-hydrogen) atoms. The molecule has 1 aromatic heterocycles. The molecule has 1 atom stereocenters. The Kier molecular flexibility index (Phi) is 3.26. The summed E-state index contributed by atoms with van der Waals surface area (Å²) in [5.41, 5.74) is 2.20. The van der Waals surface area contributed by atoms with Gasteiger partial charge in [-0.15, -0.1) is 0 Å². The molecular formula is C11H17N3O2. The quantitative estimate of drug-likeness (QED) is 0.436. The number of rotatable bonds is 5. The number of nitrogens with one attached hydrogen (secondary N) is 1. The first-order valence-corrected chi connectivity index (χ1v) is 5.51. The first kappa shape index (κ1) is 11.2. The van der Waals surface area contributed by atoms with Gasteiger partial charge in [0, 0.05) is 6.04 Å². The van der Waals surface area contributed by atoms with Gasteiger partial charge in [0.1, 0.15) is 5.76 Å². The van der Waals surface area contributed by atoms with E-state index in [4.69, 9.17) is 10.3 Å². The summed E-state index contributed by atoms with van der Waals surface area (Å²) in [5, 5.41) is 0. The first-order valence-electron chi connectivity index (χ1n) is 5.51. The fraction of sp³-hybridized carbons (Fsp3) is 0.545. The highest BCUT2D eigenvalue weighted by atomic mass is 16.3. The molecule has 5 heteroatoms. The number of hydrogen-bond donors (Lipinski definition) is 2. The molecule has 0 aromatic carbocycles. The van der Waals surface area contributed by atoms with Crippen LogP contribution >= 0.6 is 0 Å². The minimum atomic E-state index is -0.220. The molecule has 0 aliphatic heterocycles. The van der Waals surface area contributed by atoms with E-state index in [1.807, 2.05) is 19.1 Å². The monoisotopic (exact) mass is 223 g/mol. The van der Waals surface area contributed by atoms with E-state index >= 15 is 0 Å². The Morgan fingerprint density at radius 1 is 1.75 bits per heavy atom. The van der Waals surface area contributed by atoms with E-state index in [9.17, 15) is 4.79 Å². The molecule has 0 bridgehead atoms. The maximum atomic E-state index is 11.5. The standard InChI is InChI=1S/C11H17N3O2/c1-8(11(15)13-12)14(9-4-5-9)7-10-3-2-6-16-10/h2-3,6,8-9H,4-5,7,12H2,1H3,(H,13,15). The van der Waals surface area contributed by atoms with Crippen LogP contribution in [-0.2, 0) is 11.3 Å². The van der Waals surface area contributed by atoms with Crippen LogP contribution in [0, 0.1) is 0 Å². The first-order chi connectivity index (χ1) is 7.72. The van der Waals surface area contributed by atoms with Crippen LogP contribution in [0.4, 0.5) is 0 Å². The lowest BCUT2D eigenvalue weighted by atomic mass is 10.2. The van der Waals surface area contributed by atoms with Crippen LogP contribution in [0.25, 0.3) is 0 Å². The van der Waals surface area contributed by atoms with Gasteiger partial charge in [-0.05, 0) is 31.9 Å². The van der Waals surface area contributed by atoms with Crippen LogP contribution in [0.5, 0.6) is 0 Å². The smallest absolute Gasteiger partial charge is 0.250 e. The highest BCUT2D eigenvalue weighted by Gasteiger charge is 2.35. The van der Waals surface area contributed by atoms with Crippen molar-refractivity contribution in [3.63, 3.8) is 0 Å². The zero-order chi connectivity index (χ0) is 11.5. The van der Waals surface area contributed by atoms with E-state index in [1.165, 1.54) is 0 Å². The van der Waals surface area contributed by atoms with E-state index in [1.54, 1.807) is 6.26 Å². The summed E-state index contributed by atoms with van der Waals surface area (Å²) < 4.78 is 5.30. The largest absolute Gasteiger partial charge is 0.468 e. The molecule has 0 saturated heterocycles. The lowest BCUT2D eigenvalue weighted by molar-refractivity contribution is -0.126. The average Bonchev–Trinajstić information content (AvgIpc) is 3.01. The van der Waals surface area contributed by atoms with Crippen molar-refractivity contribution in [1.29, 1.82) is 0 Å². The Morgan fingerprint density at radius 2 is 2.50 bits per heavy atom. The second kappa shape index (κ2) is 4.67. The zero-order valence-electron chi connectivity index (χ0n) is 9.35. The lowest BCUT2D eigenvalue weighted by Crippen LogP contribution is -2.47. The molecule has 0 radical (unpaired) electrons. The minimum Gasteiger partial charge on any atom is -0.468 e. The van der Waals surface area contributed by atoms with Gasteiger partial charge in [-0.2, -0.15) is 0 Å². The van der Waals surface area contributed by atoms with Crippen molar-refractivity contribution in [2.75, 3.05) is 0 Å². The van der Waals surface area contributed by atoms with E-state index in [0.717, 1.165) is 18.6 Å². The van der Waals surface area contributed by atoms with E-state index in [0.29, 0.717) is 12.6 Å². The number of nitrogens with zero attached hydrogens (tertiary/aromatic N) is 1. The Bertz CT molecular complexity index is 346. The van der Waals surface area contributed by atoms with Crippen molar-refractivity contribution in [3.05, 3.63) is 24.2 Å². The number of hydrogen-bond acceptors (Lipinski definition) is 4. The molecular weight excluding hydrogens is 206 g/mol. The Balaban J connectivity index is 2.02. The number of furan rings is 1. The molecule has 88 valence electrons. The molecule has 2 rings (SSSR count). The molecule has 1 aromatic rings. The zero-order valence-corrected chi connectivity index (χ0v) is 9.35. The topological polar surface area (TPSA) is 71.5 Å². The van der Waals surface area contributed by atoms with Crippen LogP contribution < -0.4 is 11.3 Å². The second-order valence-corrected chi connectivity index (χ2v) is 4.17. The summed E-state index contributed by atoms with van der Waals surface area (Å²) in [6, 6.07) is 4.04. The lowest BCUT2D eigenvalue weighted by Gasteiger charge is -2.26. The molecule has 1 fully saturated rings. The maximum absolute atomic E-state index is 11.5. The summed E-state index contributed by atoms with van der Waals surface area (Å²) in [6.45, 7) is 2.52. The van der Waals surface area contributed by atoms with Gasteiger partial charge in [0.2, 0.25) is 0 Å². The fourth-order valence-corrected chi connectivity index (χ4v) is 1.84. The van der Waals surface area contributed by atoms with Gasteiger partial charge in [0.05, 0.1) is 18.8 Å². The Labute approximate surface area is 94.6 Å². The number of carbonyl (C=O) groups excluding carboxylic acids is 1. The number of carbonyl (C=O) groups is 1. The van der Waals surface area contributed by atoms with Crippen LogP contribution in [0.15, 0.2) is 22.8 Å². The van der Waals surface area contributed by atoms with E-state index in [2.05, 4.69) is 10.3 Å². The SMILES string of the molecule is CC(C(=O)NN)N(Cc1ccco1)C1CC1. The van der Waals surface area contributed by atoms with Crippen molar-refractivity contribution in [3.8, 4) is 0 Å². The predicted octanol–water partition coefficient (Wildman–Crippen LogP) is 0.622. The van der Waals surface area contributed by atoms with Crippen LogP contribution in [-0.4, -0.2) is 22.9 Å². The van der Waals surface area contributed by atoms with Crippen LogP contribution in [0.2, 0.25) is 0 Å². The average molecular weight is 223 g/mol. The maximum Gasteiger partial charge on any atom is 0.250 e. The van der Waals surface area contributed by atoms with Gasteiger partial charge in [-0.1, -0.05) is 0 Å². The molecule has 1 aliphatic rings. The van der Waals surface area contributed by atoms with Gasteiger partial charge < -0.3 is 4.42 Å². The Hall–Kier alpha value is -1.33. The molecule has 1 saturated carbocycles. The third kappa shape index (κ3) is 2.43. The van der Waals surface area contributed by atoms with Gasteiger partial charge in [-0.3, -0.25) is 15.1 Å². The Morgan fingerprint density at radius 3 is 3.00 bits per heavy atom. The summed E-state index contributed by atoms with van der Waals surface area (Å²) in [4.78, 5) is 13.6. The van der Waals surface area contributed by atoms with Crippen molar-refractivity contribution in [2.24, 2.45) is 5.84 Å². The van der Waals surface area contributed by atoms with E-state index < -0.39 is 0 Å². The number of nitrogens with two attached hydrogens (primary N) is 1. The van der Waals surface area contributed by atoms with Gasteiger partial charge in [0.25, 0.3) is 5.91 Å². The van der Waals surface area contributed by atoms with E-state index in [-0.39, 0.29) is 11.9 Å². The molecule has 3 N–H and O–H groups in total. The normalized spacial score (nSPS) is 17.4. The predicted molar refractivity (Wildman–Crippen MR) is 59.1 cm³/mol. The molecule has 5 nitrogen and oxygen atoms in total. The fourth-order valence-electron chi connectivity index (χ4n) is 1.84. The second-order valence-electron chi connectivity index (χ2n) is 4.17. The summed E-state index contributed by atoms with van der Waals surface area (Å²) >= 11 is 0. The molecule has 1 unspecified atom stereocenters. The van der Waals surface area contributed by atoms with Crippen molar-refractivity contribution < 1.29 is 9.21 Å². The van der Waals surface area contributed by atoms with Gasteiger partial charge >= 0.3 is 0 Å². The summed E-state index contributed by atoms with van der Waals surface area (Å²) in [5.74, 6) is 5.88. The minimum absolute atomic E-state index is 0.154. The van der Waals surface area contributed by atoms with Crippen LogP contribution in [0.1, 0.15) is 25.5 Å². The summed E-state index contributed by atoms with van der Waals surface area (Å²) in [6.07, 6.45) is 3.93. The molecule has 1 heterocycles. The summed E-state index contributed by atoms with van der Waals surface area (Å²) in [7, 11) is 0. The van der Waals surface area contributed by atoms with Crippen molar-refractivity contribution >= 4 is 5.91 Å². The molecule has 1 amide bonds. The highest BCUT2D eigenvalue weighted by molar-refractivity contribution is 5.80. The molecule has 0 spiro atoms.